The molecule has 0 amide bonds. The number of anilines is 1. The standard InChI is InChI=1S/C11H17IN4O/c1-17-7-3-6-14-11(16-13)15-10-5-2-4-9(12)8-10/h2,4-5,8H,3,6-7,13H2,1H3,(H2,14,15,16). The van der Waals surface area contributed by atoms with E-state index in [-0.39, 0.29) is 0 Å². The molecule has 0 saturated heterocycles. The van der Waals surface area contributed by atoms with Crippen LogP contribution in [0.1, 0.15) is 6.42 Å². The summed E-state index contributed by atoms with van der Waals surface area (Å²) < 4.78 is 6.10. The van der Waals surface area contributed by atoms with Crippen LogP contribution in [-0.2, 0) is 4.74 Å². The molecule has 4 N–H and O–H groups in total. The number of nitrogens with zero attached hydrogens (tertiary/aromatic N) is 1. The summed E-state index contributed by atoms with van der Waals surface area (Å²) in [6, 6.07) is 7.98. The molecule has 0 aliphatic rings. The van der Waals surface area contributed by atoms with Crippen LogP contribution in [0.3, 0.4) is 0 Å². The van der Waals surface area contributed by atoms with E-state index in [2.05, 4.69) is 38.3 Å². The maximum Gasteiger partial charge on any atom is 0.210 e. The molecule has 0 heterocycles. The molecule has 0 aromatic heterocycles. The van der Waals surface area contributed by atoms with Crippen molar-refractivity contribution in [2.45, 2.75) is 6.42 Å². The summed E-state index contributed by atoms with van der Waals surface area (Å²) in [6.07, 6.45) is 0.871. The number of hydrogen-bond donors (Lipinski definition) is 3. The first-order chi connectivity index (χ1) is 8.26. The Morgan fingerprint density at radius 1 is 1.53 bits per heavy atom. The van der Waals surface area contributed by atoms with Crippen molar-refractivity contribution in [3.05, 3.63) is 27.8 Å². The van der Waals surface area contributed by atoms with Crippen molar-refractivity contribution < 1.29 is 4.74 Å². The average molecular weight is 348 g/mol. The zero-order chi connectivity index (χ0) is 12.5. The van der Waals surface area contributed by atoms with Gasteiger partial charge in [-0.15, -0.1) is 0 Å². The molecule has 0 aliphatic heterocycles. The lowest BCUT2D eigenvalue weighted by atomic mass is 10.3. The first kappa shape index (κ1) is 14.2. The van der Waals surface area contributed by atoms with E-state index in [1.54, 1.807) is 7.11 Å². The van der Waals surface area contributed by atoms with E-state index in [1.807, 2.05) is 24.3 Å². The topological polar surface area (TPSA) is 71.7 Å². The van der Waals surface area contributed by atoms with Gasteiger partial charge in [0.2, 0.25) is 5.96 Å². The van der Waals surface area contributed by atoms with Gasteiger partial charge in [0.25, 0.3) is 0 Å². The summed E-state index contributed by atoms with van der Waals surface area (Å²) >= 11 is 2.26. The van der Waals surface area contributed by atoms with Crippen LogP contribution in [0.4, 0.5) is 5.69 Å². The van der Waals surface area contributed by atoms with E-state index in [0.717, 1.165) is 15.7 Å². The highest BCUT2D eigenvalue weighted by atomic mass is 127. The second-order valence-corrected chi connectivity index (χ2v) is 4.60. The van der Waals surface area contributed by atoms with Crippen molar-refractivity contribution in [1.82, 2.24) is 5.43 Å². The molecule has 17 heavy (non-hydrogen) atoms. The summed E-state index contributed by atoms with van der Waals surface area (Å²) in [5.41, 5.74) is 3.50. The zero-order valence-corrected chi connectivity index (χ0v) is 11.9. The first-order valence-electron chi connectivity index (χ1n) is 5.29. The minimum atomic E-state index is 0.558. The van der Waals surface area contributed by atoms with Crippen LogP contribution in [-0.4, -0.2) is 26.2 Å². The molecule has 0 saturated carbocycles. The van der Waals surface area contributed by atoms with Crippen molar-refractivity contribution in [1.29, 1.82) is 0 Å². The summed E-state index contributed by atoms with van der Waals surface area (Å²) in [7, 11) is 1.68. The molecule has 94 valence electrons. The monoisotopic (exact) mass is 348 g/mol. The SMILES string of the molecule is COCCCN=C(NN)Nc1cccc(I)c1. The number of halogens is 1. The molecule has 0 radical (unpaired) electrons. The van der Waals surface area contributed by atoms with Crippen LogP contribution in [0.2, 0.25) is 0 Å². The van der Waals surface area contributed by atoms with Gasteiger partial charge in [0.1, 0.15) is 0 Å². The average Bonchev–Trinajstić information content (AvgIpc) is 2.33. The molecule has 1 aromatic rings. The highest BCUT2D eigenvalue weighted by Gasteiger charge is 1.98. The first-order valence-corrected chi connectivity index (χ1v) is 6.36. The van der Waals surface area contributed by atoms with Crippen LogP contribution < -0.4 is 16.6 Å². The molecule has 0 spiro atoms. The smallest absolute Gasteiger partial charge is 0.210 e. The number of nitrogens with one attached hydrogen (secondary N) is 2. The number of rotatable bonds is 5. The van der Waals surface area contributed by atoms with Gasteiger partial charge >= 0.3 is 0 Å². The van der Waals surface area contributed by atoms with Gasteiger partial charge in [-0.05, 0) is 47.2 Å². The van der Waals surface area contributed by atoms with E-state index < -0.39 is 0 Å². The number of methoxy groups -OCH3 is 1. The maximum atomic E-state index is 5.40. The third kappa shape index (κ3) is 5.85. The fourth-order valence-corrected chi connectivity index (χ4v) is 1.77. The predicted molar refractivity (Wildman–Crippen MR) is 78.9 cm³/mol. The van der Waals surface area contributed by atoms with Crippen LogP contribution in [0.5, 0.6) is 0 Å². The molecule has 5 nitrogen and oxygen atoms in total. The Hall–Kier alpha value is -0.860. The van der Waals surface area contributed by atoms with E-state index in [4.69, 9.17) is 10.6 Å². The Morgan fingerprint density at radius 3 is 3.00 bits per heavy atom. The Kier molecular flexibility index (Phi) is 6.90. The van der Waals surface area contributed by atoms with Crippen molar-refractivity contribution >= 4 is 34.2 Å². The number of hydrazine groups is 1. The Morgan fingerprint density at radius 2 is 2.35 bits per heavy atom. The lowest BCUT2D eigenvalue weighted by molar-refractivity contribution is 0.197. The van der Waals surface area contributed by atoms with Gasteiger partial charge < -0.3 is 10.1 Å². The van der Waals surface area contributed by atoms with Gasteiger partial charge in [0.05, 0.1) is 0 Å². The second kappa shape index (κ2) is 8.26. The fraction of sp³-hybridized carbons (Fsp3) is 0.364. The third-order valence-corrected chi connectivity index (χ3v) is 2.67. The van der Waals surface area contributed by atoms with E-state index in [0.29, 0.717) is 19.1 Å². The molecule has 1 rings (SSSR count). The molecule has 0 unspecified atom stereocenters. The highest BCUT2D eigenvalue weighted by molar-refractivity contribution is 14.1. The molecule has 1 aromatic carbocycles. The molecule has 0 fully saturated rings. The molecule has 0 aliphatic carbocycles. The predicted octanol–water partition coefficient (Wildman–Crippen LogP) is 1.56. The van der Waals surface area contributed by atoms with Gasteiger partial charge in [-0.1, -0.05) is 6.07 Å². The van der Waals surface area contributed by atoms with Gasteiger partial charge in [-0.25, -0.2) is 5.84 Å². The van der Waals surface area contributed by atoms with Crippen LogP contribution >= 0.6 is 22.6 Å². The lowest BCUT2D eigenvalue weighted by Gasteiger charge is -2.09. The number of hydrogen-bond acceptors (Lipinski definition) is 3. The van der Waals surface area contributed by atoms with Crippen molar-refractivity contribution in [3.8, 4) is 0 Å². The number of ether oxygens (including phenoxy) is 1. The van der Waals surface area contributed by atoms with Gasteiger partial charge in [-0.2, -0.15) is 0 Å². The van der Waals surface area contributed by atoms with Gasteiger partial charge in [0, 0.05) is 29.5 Å². The Balaban J connectivity index is 2.51. The largest absolute Gasteiger partial charge is 0.385 e. The summed E-state index contributed by atoms with van der Waals surface area (Å²) in [6.45, 7) is 1.37. The van der Waals surface area contributed by atoms with Crippen LogP contribution in [0, 0.1) is 3.57 Å². The minimum absolute atomic E-state index is 0.558. The number of aliphatic imine (C=N–C) groups is 1. The van der Waals surface area contributed by atoms with Crippen LogP contribution in [0.15, 0.2) is 29.3 Å². The maximum absolute atomic E-state index is 5.40. The van der Waals surface area contributed by atoms with Crippen LogP contribution in [0.25, 0.3) is 0 Å². The summed E-state index contributed by atoms with van der Waals surface area (Å²) in [5, 5.41) is 3.11. The second-order valence-electron chi connectivity index (χ2n) is 3.36. The normalized spacial score (nSPS) is 11.4. The van der Waals surface area contributed by atoms with Crippen molar-refractivity contribution in [2.75, 3.05) is 25.6 Å². The summed E-state index contributed by atoms with van der Waals surface area (Å²) in [4.78, 5) is 4.29. The highest BCUT2D eigenvalue weighted by Crippen LogP contribution is 2.11. The molecular weight excluding hydrogens is 331 g/mol. The van der Waals surface area contributed by atoms with E-state index in [9.17, 15) is 0 Å². The quantitative estimate of drug-likeness (QED) is 0.189. The Bertz CT molecular complexity index is 370. The molecule has 6 heteroatoms. The molecular formula is C11H17IN4O. The minimum Gasteiger partial charge on any atom is -0.385 e. The van der Waals surface area contributed by atoms with Crippen molar-refractivity contribution in [2.24, 2.45) is 10.8 Å². The Labute approximate surface area is 115 Å². The number of nitrogens with two attached hydrogens (primary N) is 1. The number of guanidine groups is 1. The molecule has 0 bridgehead atoms. The lowest BCUT2D eigenvalue weighted by Crippen LogP contribution is -2.36. The summed E-state index contributed by atoms with van der Waals surface area (Å²) in [5.74, 6) is 5.96. The van der Waals surface area contributed by atoms with E-state index in [1.165, 1.54) is 0 Å². The van der Waals surface area contributed by atoms with Gasteiger partial charge in [-0.3, -0.25) is 10.4 Å². The zero-order valence-electron chi connectivity index (χ0n) is 9.74. The number of benzene rings is 1. The van der Waals surface area contributed by atoms with Crippen molar-refractivity contribution in [3.63, 3.8) is 0 Å². The molecule has 0 atom stereocenters. The fourth-order valence-electron chi connectivity index (χ4n) is 1.22. The van der Waals surface area contributed by atoms with Gasteiger partial charge in [0.15, 0.2) is 0 Å². The third-order valence-electron chi connectivity index (χ3n) is 2.00. The van der Waals surface area contributed by atoms with E-state index >= 15 is 0 Å².